The number of hydrogen-bond donors (Lipinski definition) is 0. The number of aromatic nitrogens is 1. The zero-order valence-corrected chi connectivity index (χ0v) is 26.6. The lowest BCUT2D eigenvalue weighted by atomic mass is 9.93. The fraction of sp³-hybridized carbons (Fsp3) is 0.171. The van der Waals surface area contributed by atoms with Gasteiger partial charge >= 0.3 is 5.97 Å². The SMILES string of the molecule is CCOC(=O)C1=C(c2ccccc2)N=c2s/c(=C\c3ccc(-c4cc(Cl)ccc4C)o3)c(=O)n2[C@@H]1c1ccc(OC)c(OC)c1. The van der Waals surface area contributed by atoms with E-state index in [0.29, 0.717) is 48.6 Å². The molecule has 5 aromatic rings. The van der Waals surface area contributed by atoms with Gasteiger partial charge in [-0.1, -0.05) is 65.4 Å². The van der Waals surface area contributed by atoms with Gasteiger partial charge in [0, 0.05) is 22.2 Å². The van der Waals surface area contributed by atoms with Gasteiger partial charge in [-0.05, 0) is 61.4 Å². The van der Waals surface area contributed by atoms with E-state index in [1.165, 1.54) is 23.0 Å². The third-order valence-electron chi connectivity index (χ3n) is 7.46. The van der Waals surface area contributed by atoms with Crippen molar-refractivity contribution in [2.75, 3.05) is 20.8 Å². The van der Waals surface area contributed by atoms with Crippen molar-refractivity contribution in [1.29, 1.82) is 0 Å². The van der Waals surface area contributed by atoms with E-state index in [1.807, 2.05) is 67.6 Å². The van der Waals surface area contributed by atoms with Gasteiger partial charge in [-0.2, -0.15) is 0 Å². The molecule has 3 heterocycles. The Kier molecular flexibility index (Phi) is 8.47. The predicted molar refractivity (Wildman–Crippen MR) is 174 cm³/mol. The van der Waals surface area contributed by atoms with Crippen LogP contribution in [0.3, 0.4) is 0 Å². The predicted octanol–water partition coefficient (Wildman–Crippen LogP) is 6.17. The van der Waals surface area contributed by atoms with Crippen molar-refractivity contribution in [3.8, 4) is 22.8 Å². The summed E-state index contributed by atoms with van der Waals surface area (Å²) in [5.41, 5.74) is 3.56. The monoisotopic (exact) mass is 640 g/mol. The van der Waals surface area contributed by atoms with Crippen LogP contribution >= 0.6 is 22.9 Å². The van der Waals surface area contributed by atoms with Crippen molar-refractivity contribution in [2.45, 2.75) is 19.9 Å². The normalized spacial score (nSPS) is 14.6. The summed E-state index contributed by atoms with van der Waals surface area (Å²) in [6, 6.07) is 23.1. The summed E-state index contributed by atoms with van der Waals surface area (Å²) in [7, 11) is 3.08. The molecule has 3 aromatic carbocycles. The highest BCUT2D eigenvalue weighted by Gasteiger charge is 2.35. The summed E-state index contributed by atoms with van der Waals surface area (Å²) in [5, 5.41) is 0.601. The van der Waals surface area contributed by atoms with E-state index < -0.39 is 12.0 Å². The highest BCUT2D eigenvalue weighted by Crippen LogP contribution is 2.38. The number of halogens is 1. The van der Waals surface area contributed by atoms with Crippen LogP contribution in [0.2, 0.25) is 5.02 Å². The van der Waals surface area contributed by atoms with Gasteiger partial charge in [-0.25, -0.2) is 9.79 Å². The smallest absolute Gasteiger partial charge is 0.338 e. The number of carbonyl (C=O) groups is 1. The highest BCUT2D eigenvalue weighted by atomic mass is 35.5. The summed E-state index contributed by atoms with van der Waals surface area (Å²) in [4.78, 5) is 33.2. The number of methoxy groups -OCH3 is 2. The van der Waals surface area contributed by atoms with Crippen molar-refractivity contribution in [3.05, 3.63) is 132 Å². The topological polar surface area (TPSA) is 92.3 Å². The minimum Gasteiger partial charge on any atom is -0.493 e. The minimum absolute atomic E-state index is 0.153. The molecule has 228 valence electrons. The number of ether oxygens (including phenoxy) is 3. The average Bonchev–Trinajstić information content (AvgIpc) is 3.65. The summed E-state index contributed by atoms with van der Waals surface area (Å²) in [5.74, 6) is 1.53. The molecule has 0 saturated carbocycles. The number of fused-ring (bicyclic) bond motifs is 1. The molecule has 0 unspecified atom stereocenters. The molecule has 1 aliphatic heterocycles. The molecule has 0 amide bonds. The number of benzene rings is 3. The largest absolute Gasteiger partial charge is 0.493 e. The number of rotatable bonds is 8. The molecule has 1 atom stereocenters. The van der Waals surface area contributed by atoms with Gasteiger partial charge in [0.25, 0.3) is 5.56 Å². The number of carbonyl (C=O) groups excluding carboxylic acids is 1. The van der Waals surface area contributed by atoms with Crippen LogP contribution in [0.5, 0.6) is 11.5 Å². The van der Waals surface area contributed by atoms with Gasteiger partial charge in [-0.15, -0.1) is 0 Å². The van der Waals surface area contributed by atoms with Crippen LogP contribution in [0.15, 0.2) is 98.6 Å². The molecule has 45 heavy (non-hydrogen) atoms. The van der Waals surface area contributed by atoms with E-state index in [9.17, 15) is 9.59 Å². The van der Waals surface area contributed by atoms with Gasteiger partial charge in [-0.3, -0.25) is 9.36 Å². The molecule has 0 spiro atoms. The molecule has 0 saturated heterocycles. The molecule has 8 nitrogen and oxygen atoms in total. The van der Waals surface area contributed by atoms with Crippen molar-refractivity contribution < 1.29 is 23.4 Å². The molecule has 1 aliphatic rings. The van der Waals surface area contributed by atoms with Crippen LogP contribution in [-0.4, -0.2) is 31.4 Å². The lowest BCUT2D eigenvalue weighted by Gasteiger charge is -2.26. The van der Waals surface area contributed by atoms with Crippen LogP contribution in [-0.2, 0) is 9.53 Å². The maximum Gasteiger partial charge on any atom is 0.338 e. The number of thiazole rings is 1. The molecule has 0 fully saturated rings. The highest BCUT2D eigenvalue weighted by molar-refractivity contribution is 7.07. The second-order valence-electron chi connectivity index (χ2n) is 10.2. The second kappa shape index (κ2) is 12.6. The van der Waals surface area contributed by atoms with Crippen molar-refractivity contribution in [2.24, 2.45) is 4.99 Å². The van der Waals surface area contributed by atoms with Crippen molar-refractivity contribution >= 4 is 40.7 Å². The number of furan rings is 1. The lowest BCUT2D eigenvalue weighted by molar-refractivity contribution is -0.138. The number of nitrogens with zero attached hydrogens (tertiary/aromatic N) is 2. The molecule has 0 radical (unpaired) electrons. The second-order valence-corrected chi connectivity index (χ2v) is 11.7. The Morgan fingerprint density at radius 3 is 2.53 bits per heavy atom. The molecule has 6 rings (SSSR count). The van der Waals surface area contributed by atoms with Crippen LogP contribution in [0, 0.1) is 6.92 Å². The van der Waals surface area contributed by atoms with Crippen LogP contribution in [0.4, 0.5) is 0 Å². The quantitative estimate of drug-likeness (QED) is 0.188. The number of hydrogen-bond acceptors (Lipinski definition) is 8. The Morgan fingerprint density at radius 2 is 1.80 bits per heavy atom. The molecule has 2 aromatic heterocycles. The molecular weight excluding hydrogens is 612 g/mol. The zero-order chi connectivity index (χ0) is 31.7. The first-order valence-corrected chi connectivity index (χ1v) is 15.4. The molecule has 10 heteroatoms. The van der Waals surface area contributed by atoms with E-state index in [1.54, 1.807) is 38.3 Å². The third kappa shape index (κ3) is 5.72. The Bertz CT molecular complexity index is 2130. The Balaban J connectivity index is 1.58. The molecule has 0 bridgehead atoms. The van der Waals surface area contributed by atoms with E-state index in [2.05, 4.69) is 0 Å². The fourth-order valence-electron chi connectivity index (χ4n) is 5.34. The number of aryl methyl sites for hydroxylation is 1. The van der Waals surface area contributed by atoms with Gasteiger partial charge in [0.05, 0.1) is 42.7 Å². The van der Waals surface area contributed by atoms with E-state index in [4.69, 9.17) is 35.2 Å². The number of esters is 1. The van der Waals surface area contributed by atoms with Gasteiger partial charge < -0.3 is 18.6 Å². The average molecular weight is 641 g/mol. The van der Waals surface area contributed by atoms with Crippen molar-refractivity contribution in [1.82, 2.24) is 4.57 Å². The van der Waals surface area contributed by atoms with Crippen molar-refractivity contribution in [3.63, 3.8) is 0 Å². The zero-order valence-electron chi connectivity index (χ0n) is 25.0. The van der Waals surface area contributed by atoms with Gasteiger partial charge in [0.2, 0.25) is 0 Å². The van der Waals surface area contributed by atoms with E-state index in [-0.39, 0.29) is 17.7 Å². The Morgan fingerprint density at radius 1 is 1.02 bits per heavy atom. The third-order valence-corrected chi connectivity index (χ3v) is 8.68. The summed E-state index contributed by atoms with van der Waals surface area (Å²) in [6.07, 6.45) is 1.69. The lowest BCUT2D eigenvalue weighted by Crippen LogP contribution is -2.40. The van der Waals surface area contributed by atoms with Crippen LogP contribution < -0.4 is 24.4 Å². The van der Waals surface area contributed by atoms with E-state index in [0.717, 1.165) is 16.7 Å². The van der Waals surface area contributed by atoms with Crippen LogP contribution in [0.1, 0.15) is 35.4 Å². The summed E-state index contributed by atoms with van der Waals surface area (Å²) in [6.45, 7) is 3.87. The summed E-state index contributed by atoms with van der Waals surface area (Å²) >= 11 is 7.45. The Hall–Kier alpha value is -4.86. The van der Waals surface area contributed by atoms with E-state index >= 15 is 0 Å². The molecule has 0 N–H and O–H groups in total. The fourth-order valence-corrected chi connectivity index (χ4v) is 6.50. The maximum absolute atomic E-state index is 14.2. The first-order chi connectivity index (χ1) is 21.8. The molecule has 0 aliphatic carbocycles. The standard InChI is InChI=1S/C35H29ClN2O6S/c1-5-43-34(40)30-31(21-9-7-6-8-10-21)37-35-38(32(30)22-12-15-27(41-3)28(17-22)42-4)33(39)29(45-35)19-24-14-16-26(44-24)25-18-23(36)13-11-20(25)2/h6-19,32H,5H2,1-4H3/b29-19-/t32-/m1/s1. The van der Waals surface area contributed by atoms with Crippen LogP contribution in [0.25, 0.3) is 23.1 Å². The molecular formula is C35H29ClN2O6S. The first kappa shape index (κ1) is 30.2. The summed E-state index contributed by atoms with van der Waals surface area (Å²) < 4.78 is 24.7. The maximum atomic E-state index is 14.2. The minimum atomic E-state index is -0.862. The van der Waals surface area contributed by atoms with Gasteiger partial charge in [0.15, 0.2) is 16.3 Å². The van der Waals surface area contributed by atoms with Gasteiger partial charge in [0.1, 0.15) is 11.5 Å². The Labute approximate surface area is 268 Å². The first-order valence-electron chi connectivity index (χ1n) is 14.2.